The van der Waals surface area contributed by atoms with Crippen LogP contribution in [-0.4, -0.2) is 37.0 Å². The van der Waals surface area contributed by atoms with Gasteiger partial charge in [0.1, 0.15) is 5.75 Å². The monoisotopic (exact) mass is 263 g/mol. The van der Waals surface area contributed by atoms with Crippen LogP contribution in [0, 0.1) is 0 Å². The van der Waals surface area contributed by atoms with E-state index in [0.29, 0.717) is 18.0 Å². The van der Waals surface area contributed by atoms with E-state index in [1.165, 1.54) is 0 Å². The van der Waals surface area contributed by atoms with Crippen molar-refractivity contribution in [3.63, 3.8) is 0 Å². The van der Waals surface area contributed by atoms with Crippen molar-refractivity contribution in [3.8, 4) is 5.75 Å². The number of nitrogens with two attached hydrogens (primary N) is 1. The predicted molar refractivity (Wildman–Crippen MR) is 76.3 cm³/mol. The highest BCUT2D eigenvalue weighted by Crippen LogP contribution is 2.29. The Kier molecular flexibility index (Phi) is 4.49. The molecule has 1 aliphatic rings. The lowest BCUT2D eigenvalue weighted by atomic mass is 10.2. The third kappa shape index (κ3) is 3.30. The van der Waals surface area contributed by atoms with Crippen LogP contribution in [-0.2, 0) is 4.79 Å². The Hall–Kier alpha value is -1.91. The molecular formula is C14H21N3O2. The Morgan fingerprint density at radius 1 is 1.42 bits per heavy atom. The number of anilines is 2. The Morgan fingerprint density at radius 3 is 2.84 bits per heavy atom. The number of para-hydroxylation sites is 1. The maximum Gasteiger partial charge on any atom is 0.241 e. The zero-order valence-corrected chi connectivity index (χ0v) is 11.3. The van der Waals surface area contributed by atoms with Crippen LogP contribution in [0.5, 0.6) is 5.75 Å². The molecule has 19 heavy (non-hydrogen) atoms. The molecule has 1 heterocycles. The first-order chi connectivity index (χ1) is 9.22. The second-order valence-electron chi connectivity index (χ2n) is 4.59. The van der Waals surface area contributed by atoms with Crippen LogP contribution >= 0.6 is 0 Å². The first kappa shape index (κ1) is 13.5. The molecule has 0 aromatic heterocycles. The quantitative estimate of drug-likeness (QED) is 0.793. The molecule has 0 saturated carbocycles. The smallest absolute Gasteiger partial charge is 0.241 e. The third-order valence-electron chi connectivity index (χ3n) is 3.25. The third-order valence-corrected chi connectivity index (χ3v) is 3.25. The molecule has 5 heteroatoms. The average Bonchev–Trinajstić information content (AvgIpc) is 2.94. The average molecular weight is 263 g/mol. The number of rotatable bonds is 5. The molecule has 1 aliphatic heterocycles. The highest BCUT2D eigenvalue weighted by Gasteiger charge is 2.17. The van der Waals surface area contributed by atoms with Gasteiger partial charge in [0.2, 0.25) is 5.91 Å². The summed E-state index contributed by atoms with van der Waals surface area (Å²) in [7, 11) is 0. The molecule has 0 radical (unpaired) electrons. The van der Waals surface area contributed by atoms with Gasteiger partial charge in [-0.1, -0.05) is 6.07 Å². The van der Waals surface area contributed by atoms with Gasteiger partial charge in [-0.25, -0.2) is 0 Å². The van der Waals surface area contributed by atoms with Gasteiger partial charge in [0.25, 0.3) is 0 Å². The molecular weight excluding hydrogens is 242 g/mol. The summed E-state index contributed by atoms with van der Waals surface area (Å²) < 4.78 is 5.42. The molecule has 1 fully saturated rings. The van der Waals surface area contributed by atoms with Crippen molar-refractivity contribution in [2.24, 2.45) is 0 Å². The zero-order valence-electron chi connectivity index (χ0n) is 11.3. The first-order valence-corrected chi connectivity index (χ1v) is 6.75. The maximum atomic E-state index is 11.9. The van der Waals surface area contributed by atoms with E-state index in [4.69, 9.17) is 10.5 Å². The van der Waals surface area contributed by atoms with Crippen LogP contribution in [0.2, 0.25) is 0 Å². The van der Waals surface area contributed by atoms with E-state index >= 15 is 0 Å². The fourth-order valence-corrected chi connectivity index (χ4v) is 2.23. The SMILES string of the molecule is CCOc1cccc(NCC(=O)N2CCCC2)c1N. The maximum absolute atomic E-state index is 11.9. The highest BCUT2D eigenvalue weighted by atomic mass is 16.5. The number of nitrogens with zero attached hydrogens (tertiary/aromatic N) is 1. The number of nitrogen functional groups attached to an aromatic ring is 1. The summed E-state index contributed by atoms with van der Waals surface area (Å²) >= 11 is 0. The molecule has 5 nitrogen and oxygen atoms in total. The number of likely N-dealkylation sites (tertiary alicyclic amines) is 1. The van der Waals surface area contributed by atoms with Crippen LogP contribution in [0.1, 0.15) is 19.8 Å². The minimum absolute atomic E-state index is 0.124. The number of carbonyl (C=O) groups is 1. The van der Waals surface area contributed by atoms with Gasteiger partial charge < -0.3 is 20.7 Å². The lowest BCUT2D eigenvalue weighted by Gasteiger charge is -2.17. The second kappa shape index (κ2) is 6.31. The summed E-state index contributed by atoms with van der Waals surface area (Å²) in [6.45, 7) is 4.50. The van der Waals surface area contributed by atoms with Gasteiger partial charge in [-0.05, 0) is 31.9 Å². The molecule has 0 spiro atoms. The number of hydrogen-bond acceptors (Lipinski definition) is 4. The largest absolute Gasteiger partial charge is 0.492 e. The van der Waals surface area contributed by atoms with Crippen molar-refractivity contribution in [2.75, 3.05) is 37.3 Å². The van der Waals surface area contributed by atoms with Gasteiger partial charge >= 0.3 is 0 Å². The van der Waals surface area contributed by atoms with E-state index in [1.807, 2.05) is 30.0 Å². The number of nitrogens with one attached hydrogen (secondary N) is 1. The molecule has 104 valence electrons. The van der Waals surface area contributed by atoms with E-state index in [9.17, 15) is 4.79 Å². The van der Waals surface area contributed by atoms with Crippen LogP contribution in [0.4, 0.5) is 11.4 Å². The number of carbonyl (C=O) groups excluding carboxylic acids is 1. The van der Waals surface area contributed by atoms with Crippen LogP contribution in [0.3, 0.4) is 0 Å². The van der Waals surface area contributed by atoms with Crippen molar-refractivity contribution >= 4 is 17.3 Å². The van der Waals surface area contributed by atoms with Crippen LogP contribution in [0.25, 0.3) is 0 Å². The van der Waals surface area contributed by atoms with Gasteiger partial charge in [0.15, 0.2) is 0 Å². The number of benzene rings is 1. The van der Waals surface area contributed by atoms with E-state index in [-0.39, 0.29) is 12.5 Å². The summed E-state index contributed by atoms with van der Waals surface area (Å²) in [5.74, 6) is 0.778. The summed E-state index contributed by atoms with van der Waals surface area (Å²) in [6, 6.07) is 5.55. The molecule has 3 N–H and O–H groups in total. The molecule has 1 amide bonds. The minimum Gasteiger partial charge on any atom is -0.492 e. The Bertz CT molecular complexity index is 442. The molecule has 1 aromatic rings. The zero-order chi connectivity index (χ0) is 13.7. The van der Waals surface area contributed by atoms with E-state index in [0.717, 1.165) is 31.6 Å². The van der Waals surface area contributed by atoms with Gasteiger partial charge in [-0.3, -0.25) is 4.79 Å². The fraction of sp³-hybridized carbons (Fsp3) is 0.500. The van der Waals surface area contributed by atoms with Crippen molar-refractivity contribution < 1.29 is 9.53 Å². The van der Waals surface area contributed by atoms with Gasteiger partial charge in [0, 0.05) is 13.1 Å². The van der Waals surface area contributed by atoms with Crippen molar-refractivity contribution in [1.29, 1.82) is 0 Å². The fourth-order valence-electron chi connectivity index (χ4n) is 2.23. The molecule has 0 bridgehead atoms. The first-order valence-electron chi connectivity index (χ1n) is 6.75. The topological polar surface area (TPSA) is 67.6 Å². The predicted octanol–water partition coefficient (Wildman–Crippen LogP) is 1.70. The number of ether oxygens (including phenoxy) is 1. The van der Waals surface area contributed by atoms with E-state index < -0.39 is 0 Å². The lowest BCUT2D eigenvalue weighted by Crippen LogP contribution is -2.33. The van der Waals surface area contributed by atoms with E-state index in [2.05, 4.69) is 5.32 Å². The standard InChI is InChI=1S/C14H21N3O2/c1-2-19-12-7-5-6-11(14(12)15)16-10-13(18)17-8-3-4-9-17/h5-7,16H,2-4,8-10,15H2,1H3. The minimum atomic E-state index is 0.124. The van der Waals surface area contributed by atoms with Crippen molar-refractivity contribution in [2.45, 2.75) is 19.8 Å². The summed E-state index contributed by atoms with van der Waals surface area (Å²) in [5, 5.41) is 3.09. The molecule has 1 aromatic carbocycles. The number of hydrogen-bond donors (Lipinski definition) is 2. The second-order valence-corrected chi connectivity index (χ2v) is 4.59. The summed E-state index contributed by atoms with van der Waals surface area (Å²) in [5.41, 5.74) is 7.30. The molecule has 0 unspecified atom stereocenters. The number of amides is 1. The van der Waals surface area contributed by atoms with Crippen molar-refractivity contribution in [1.82, 2.24) is 4.90 Å². The Balaban J connectivity index is 1.95. The van der Waals surface area contributed by atoms with E-state index in [1.54, 1.807) is 0 Å². The summed E-state index contributed by atoms with van der Waals surface area (Å²) in [4.78, 5) is 13.8. The molecule has 2 rings (SSSR count). The van der Waals surface area contributed by atoms with Gasteiger partial charge in [0.05, 0.1) is 24.5 Å². The normalized spacial score (nSPS) is 14.5. The lowest BCUT2D eigenvalue weighted by molar-refractivity contribution is -0.128. The Morgan fingerprint density at radius 2 is 2.16 bits per heavy atom. The molecule has 0 aliphatic carbocycles. The molecule has 0 atom stereocenters. The Labute approximate surface area is 113 Å². The highest BCUT2D eigenvalue weighted by molar-refractivity contribution is 5.83. The van der Waals surface area contributed by atoms with Gasteiger partial charge in [-0.15, -0.1) is 0 Å². The van der Waals surface area contributed by atoms with Gasteiger partial charge in [-0.2, -0.15) is 0 Å². The van der Waals surface area contributed by atoms with Crippen LogP contribution < -0.4 is 15.8 Å². The van der Waals surface area contributed by atoms with Crippen molar-refractivity contribution in [3.05, 3.63) is 18.2 Å². The molecule has 1 saturated heterocycles. The summed E-state index contributed by atoms with van der Waals surface area (Å²) in [6.07, 6.45) is 2.21. The van der Waals surface area contributed by atoms with Crippen LogP contribution in [0.15, 0.2) is 18.2 Å².